The highest BCUT2D eigenvalue weighted by Gasteiger charge is 2.24. The van der Waals surface area contributed by atoms with Crippen molar-refractivity contribution >= 4 is 5.91 Å². The Labute approximate surface area is 152 Å². The Morgan fingerprint density at radius 1 is 1.35 bits per heavy atom. The topological polar surface area (TPSA) is 66.1 Å². The van der Waals surface area contributed by atoms with Crippen LogP contribution in [0.1, 0.15) is 36.2 Å². The molecule has 0 spiro atoms. The molecule has 1 aromatic heterocycles. The summed E-state index contributed by atoms with van der Waals surface area (Å²) < 4.78 is 13.0. The minimum Gasteiger partial charge on any atom is -0.342 e. The summed E-state index contributed by atoms with van der Waals surface area (Å²) in [7, 11) is 0. The van der Waals surface area contributed by atoms with Gasteiger partial charge in [-0.05, 0) is 56.2 Å². The maximum absolute atomic E-state index is 13.0. The number of halogens is 1. The maximum atomic E-state index is 13.0. The molecule has 26 heavy (non-hydrogen) atoms. The van der Waals surface area contributed by atoms with E-state index in [1.54, 1.807) is 6.92 Å². The average molecular weight is 357 g/mol. The molecule has 3 rings (SSSR count). The highest BCUT2D eigenvalue weighted by Crippen LogP contribution is 2.22. The molecule has 1 atom stereocenters. The van der Waals surface area contributed by atoms with E-state index in [2.05, 4.69) is 9.97 Å². The van der Waals surface area contributed by atoms with Gasteiger partial charge in [0, 0.05) is 24.8 Å². The fourth-order valence-corrected chi connectivity index (χ4v) is 3.46. The average Bonchev–Trinajstić information content (AvgIpc) is 2.64. The van der Waals surface area contributed by atoms with Gasteiger partial charge < -0.3 is 9.88 Å². The van der Waals surface area contributed by atoms with Crippen molar-refractivity contribution in [3.63, 3.8) is 0 Å². The van der Waals surface area contributed by atoms with E-state index in [-0.39, 0.29) is 23.7 Å². The second-order valence-corrected chi connectivity index (χ2v) is 7.01. The molecule has 1 aromatic carbocycles. The molecule has 0 bridgehead atoms. The van der Waals surface area contributed by atoms with Crippen molar-refractivity contribution in [2.45, 2.75) is 39.0 Å². The van der Waals surface area contributed by atoms with Crippen molar-refractivity contribution in [1.82, 2.24) is 14.9 Å². The van der Waals surface area contributed by atoms with Crippen LogP contribution in [0, 0.1) is 18.7 Å². The molecule has 1 saturated heterocycles. The molecular weight excluding hydrogens is 333 g/mol. The number of rotatable bonds is 5. The second kappa shape index (κ2) is 8.25. The zero-order valence-electron chi connectivity index (χ0n) is 15.0. The SMILES string of the molecule is Cc1ncc(CC(=O)N2CCCC(CCc3ccc(F)cc3)C2)c(=O)[nH]1. The molecule has 1 amide bonds. The number of aromatic amines is 1. The van der Waals surface area contributed by atoms with Crippen molar-refractivity contribution < 1.29 is 9.18 Å². The molecule has 1 unspecified atom stereocenters. The lowest BCUT2D eigenvalue weighted by molar-refractivity contribution is -0.132. The highest BCUT2D eigenvalue weighted by atomic mass is 19.1. The number of hydrogen-bond donors (Lipinski definition) is 1. The summed E-state index contributed by atoms with van der Waals surface area (Å²) in [6.45, 7) is 3.17. The van der Waals surface area contributed by atoms with E-state index < -0.39 is 0 Å². The van der Waals surface area contributed by atoms with Crippen molar-refractivity contribution in [3.8, 4) is 0 Å². The number of carbonyl (C=O) groups is 1. The molecule has 5 nitrogen and oxygen atoms in total. The van der Waals surface area contributed by atoms with Gasteiger partial charge in [0.05, 0.1) is 6.42 Å². The van der Waals surface area contributed by atoms with Gasteiger partial charge in [-0.25, -0.2) is 9.37 Å². The van der Waals surface area contributed by atoms with Gasteiger partial charge in [-0.2, -0.15) is 0 Å². The van der Waals surface area contributed by atoms with Crippen LogP contribution in [0.3, 0.4) is 0 Å². The molecule has 2 aromatic rings. The number of benzene rings is 1. The number of amides is 1. The van der Waals surface area contributed by atoms with E-state index in [4.69, 9.17) is 0 Å². The van der Waals surface area contributed by atoms with Crippen LogP contribution < -0.4 is 5.56 Å². The van der Waals surface area contributed by atoms with Crippen molar-refractivity contribution in [1.29, 1.82) is 0 Å². The number of aryl methyl sites for hydroxylation is 2. The van der Waals surface area contributed by atoms with E-state index in [1.165, 1.54) is 18.3 Å². The predicted octanol–water partition coefficient (Wildman–Crippen LogP) is 2.63. The van der Waals surface area contributed by atoms with Crippen molar-refractivity contribution in [2.24, 2.45) is 5.92 Å². The molecule has 6 heteroatoms. The third kappa shape index (κ3) is 4.77. The van der Waals surface area contributed by atoms with Gasteiger partial charge in [-0.1, -0.05) is 12.1 Å². The van der Waals surface area contributed by atoms with Gasteiger partial charge in [0.15, 0.2) is 0 Å². The van der Waals surface area contributed by atoms with E-state index in [1.807, 2.05) is 17.0 Å². The summed E-state index contributed by atoms with van der Waals surface area (Å²) in [5.41, 5.74) is 1.29. The number of piperidine rings is 1. The monoisotopic (exact) mass is 357 g/mol. The predicted molar refractivity (Wildman–Crippen MR) is 97.3 cm³/mol. The van der Waals surface area contributed by atoms with Crippen LogP contribution in [0.4, 0.5) is 4.39 Å². The molecule has 2 heterocycles. The summed E-state index contributed by atoms with van der Waals surface area (Å²) in [4.78, 5) is 33.0. The van der Waals surface area contributed by atoms with Crippen LogP contribution in [0.2, 0.25) is 0 Å². The molecular formula is C20H24FN3O2. The van der Waals surface area contributed by atoms with Gasteiger partial charge in [0.25, 0.3) is 5.56 Å². The smallest absolute Gasteiger partial charge is 0.254 e. The lowest BCUT2D eigenvalue weighted by Crippen LogP contribution is -2.41. The van der Waals surface area contributed by atoms with Crippen LogP contribution in [0.15, 0.2) is 35.3 Å². The summed E-state index contributed by atoms with van der Waals surface area (Å²) in [6.07, 6.45) is 5.51. The molecule has 1 fully saturated rings. The standard InChI is InChI=1S/C20H24FN3O2/c1-14-22-12-17(20(26)23-14)11-19(25)24-10-2-3-16(13-24)5-4-15-6-8-18(21)9-7-15/h6-9,12,16H,2-5,10-11,13H2,1H3,(H,22,23,26). The molecule has 0 saturated carbocycles. The first kappa shape index (κ1) is 18.3. The number of H-pyrrole nitrogens is 1. The van der Waals surface area contributed by atoms with E-state index in [9.17, 15) is 14.0 Å². The normalized spacial score (nSPS) is 17.3. The first-order valence-corrected chi connectivity index (χ1v) is 9.08. The quantitative estimate of drug-likeness (QED) is 0.895. The van der Waals surface area contributed by atoms with Gasteiger partial charge >= 0.3 is 0 Å². The van der Waals surface area contributed by atoms with Crippen LogP contribution in [-0.2, 0) is 17.6 Å². The third-order valence-electron chi connectivity index (χ3n) is 4.97. The van der Waals surface area contributed by atoms with E-state index in [0.717, 1.165) is 44.3 Å². The highest BCUT2D eigenvalue weighted by molar-refractivity contribution is 5.78. The Morgan fingerprint density at radius 3 is 2.85 bits per heavy atom. The summed E-state index contributed by atoms with van der Waals surface area (Å²) >= 11 is 0. The fourth-order valence-electron chi connectivity index (χ4n) is 3.46. The first-order chi connectivity index (χ1) is 12.5. The van der Waals surface area contributed by atoms with Crippen LogP contribution in [-0.4, -0.2) is 33.9 Å². The Balaban J connectivity index is 1.54. The number of carbonyl (C=O) groups excluding carboxylic acids is 1. The van der Waals surface area contributed by atoms with Gasteiger partial charge in [0.2, 0.25) is 5.91 Å². The fraction of sp³-hybridized carbons (Fsp3) is 0.450. The number of nitrogens with zero attached hydrogens (tertiary/aromatic N) is 2. The minimum atomic E-state index is -0.240. The van der Waals surface area contributed by atoms with Crippen LogP contribution in [0.25, 0.3) is 0 Å². The number of aromatic nitrogens is 2. The summed E-state index contributed by atoms with van der Waals surface area (Å²) in [5, 5.41) is 0. The summed E-state index contributed by atoms with van der Waals surface area (Å²) in [5.74, 6) is 0.744. The summed E-state index contributed by atoms with van der Waals surface area (Å²) in [6, 6.07) is 6.61. The zero-order valence-corrected chi connectivity index (χ0v) is 15.0. The molecule has 1 aliphatic heterocycles. The molecule has 138 valence electrons. The van der Waals surface area contributed by atoms with Gasteiger partial charge in [-0.3, -0.25) is 9.59 Å². The van der Waals surface area contributed by atoms with Crippen LogP contribution >= 0.6 is 0 Å². The third-order valence-corrected chi connectivity index (χ3v) is 4.97. The van der Waals surface area contributed by atoms with Gasteiger partial charge in [0.1, 0.15) is 11.6 Å². The molecule has 1 aliphatic rings. The van der Waals surface area contributed by atoms with Crippen molar-refractivity contribution in [2.75, 3.05) is 13.1 Å². The maximum Gasteiger partial charge on any atom is 0.254 e. The molecule has 1 N–H and O–H groups in total. The Hall–Kier alpha value is -2.50. The largest absolute Gasteiger partial charge is 0.342 e. The van der Waals surface area contributed by atoms with Crippen molar-refractivity contribution in [3.05, 3.63) is 63.6 Å². The number of hydrogen-bond acceptors (Lipinski definition) is 3. The lowest BCUT2D eigenvalue weighted by atomic mass is 9.91. The minimum absolute atomic E-state index is 0.0207. The molecule has 0 aliphatic carbocycles. The second-order valence-electron chi connectivity index (χ2n) is 7.01. The Morgan fingerprint density at radius 2 is 2.12 bits per heavy atom. The Bertz CT molecular complexity index is 817. The van der Waals surface area contributed by atoms with E-state index >= 15 is 0 Å². The zero-order chi connectivity index (χ0) is 18.5. The van der Waals surface area contributed by atoms with E-state index in [0.29, 0.717) is 17.3 Å². The number of likely N-dealkylation sites (tertiary alicyclic amines) is 1. The Kier molecular flexibility index (Phi) is 5.81. The number of nitrogens with one attached hydrogen (secondary N) is 1. The van der Waals surface area contributed by atoms with Crippen LogP contribution in [0.5, 0.6) is 0 Å². The first-order valence-electron chi connectivity index (χ1n) is 9.08. The van der Waals surface area contributed by atoms with Gasteiger partial charge in [-0.15, -0.1) is 0 Å². The lowest BCUT2D eigenvalue weighted by Gasteiger charge is -2.33. The molecule has 0 radical (unpaired) electrons.